The van der Waals surface area contributed by atoms with Crippen molar-refractivity contribution in [3.63, 3.8) is 0 Å². The van der Waals surface area contributed by atoms with Crippen LogP contribution in [-0.2, 0) is 6.54 Å². The summed E-state index contributed by atoms with van der Waals surface area (Å²) in [4.78, 5) is 11.2. The van der Waals surface area contributed by atoms with Gasteiger partial charge in [0.15, 0.2) is 11.5 Å². The third-order valence-electron chi connectivity index (χ3n) is 3.42. The largest absolute Gasteiger partial charge is 0.490 e. The van der Waals surface area contributed by atoms with Gasteiger partial charge in [0.2, 0.25) is 0 Å². The van der Waals surface area contributed by atoms with Crippen LogP contribution in [0.3, 0.4) is 0 Å². The molecule has 2 rings (SSSR count). The van der Waals surface area contributed by atoms with E-state index < -0.39 is 5.97 Å². The molecule has 7 heteroatoms. The summed E-state index contributed by atoms with van der Waals surface area (Å²) in [5, 5.41) is 12.6. The minimum Gasteiger partial charge on any atom is -0.490 e. The second kappa shape index (κ2) is 9.14. The van der Waals surface area contributed by atoms with E-state index in [1.165, 1.54) is 6.07 Å². The number of aromatic carboxylic acids is 1. The van der Waals surface area contributed by atoms with Crippen LogP contribution >= 0.6 is 27.5 Å². The predicted octanol–water partition coefficient (Wildman–Crippen LogP) is 5.60. The van der Waals surface area contributed by atoms with E-state index >= 15 is 0 Å². The van der Waals surface area contributed by atoms with Crippen molar-refractivity contribution in [2.75, 3.05) is 11.9 Å². The topological polar surface area (TPSA) is 67.8 Å². The van der Waals surface area contributed by atoms with Gasteiger partial charge in [0.25, 0.3) is 0 Å². The quantitative estimate of drug-likeness (QED) is 0.557. The fourth-order valence-electron chi connectivity index (χ4n) is 2.34. The molecule has 26 heavy (non-hydrogen) atoms. The fourth-order valence-corrected chi connectivity index (χ4v) is 3.12. The molecule has 2 N–H and O–H groups in total. The summed E-state index contributed by atoms with van der Waals surface area (Å²) in [6.45, 7) is 6.84. The van der Waals surface area contributed by atoms with E-state index in [9.17, 15) is 4.79 Å². The molecule has 0 aliphatic rings. The lowest BCUT2D eigenvalue weighted by Gasteiger charge is -2.18. The lowest BCUT2D eigenvalue weighted by Crippen LogP contribution is -2.09. The van der Waals surface area contributed by atoms with Gasteiger partial charge in [0.05, 0.1) is 27.8 Å². The van der Waals surface area contributed by atoms with Gasteiger partial charge < -0.3 is 19.9 Å². The van der Waals surface area contributed by atoms with E-state index in [2.05, 4.69) is 21.2 Å². The van der Waals surface area contributed by atoms with Crippen molar-refractivity contribution in [1.82, 2.24) is 0 Å². The Kier molecular flexibility index (Phi) is 7.17. The van der Waals surface area contributed by atoms with Gasteiger partial charge in [0.1, 0.15) is 0 Å². The highest BCUT2D eigenvalue weighted by Gasteiger charge is 2.14. The second-order valence-electron chi connectivity index (χ2n) is 5.86. The first-order valence-corrected chi connectivity index (χ1v) is 9.37. The number of hydrogen-bond donors (Lipinski definition) is 2. The summed E-state index contributed by atoms with van der Waals surface area (Å²) in [5.41, 5.74) is 1.69. The van der Waals surface area contributed by atoms with Crippen LogP contribution in [0.5, 0.6) is 11.5 Å². The third kappa shape index (κ3) is 5.29. The molecule has 0 bridgehead atoms. The first kappa shape index (κ1) is 20.4. The lowest BCUT2D eigenvalue weighted by molar-refractivity contribution is 0.0697. The van der Waals surface area contributed by atoms with Crippen LogP contribution in [0.15, 0.2) is 34.8 Å². The maximum absolute atomic E-state index is 11.2. The van der Waals surface area contributed by atoms with Gasteiger partial charge in [-0.1, -0.05) is 11.6 Å². The molecular formula is C19H21BrClNO4. The average molecular weight is 443 g/mol. The fraction of sp³-hybridized carbons (Fsp3) is 0.316. The zero-order valence-electron chi connectivity index (χ0n) is 14.8. The molecule has 0 heterocycles. The van der Waals surface area contributed by atoms with E-state index in [4.69, 9.17) is 26.2 Å². The molecule has 0 amide bonds. The minimum atomic E-state index is -1.06. The smallest absolute Gasteiger partial charge is 0.337 e. The molecule has 2 aromatic carbocycles. The van der Waals surface area contributed by atoms with Crippen molar-refractivity contribution in [2.24, 2.45) is 0 Å². The Balaban J connectivity index is 2.22. The molecule has 0 spiro atoms. The van der Waals surface area contributed by atoms with Gasteiger partial charge >= 0.3 is 5.97 Å². The number of halogens is 2. The highest BCUT2D eigenvalue weighted by atomic mass is 79.9. The van der Waals surface area contributed by atoms with E-state index in [0.29, 0.717) is 30.3 Å². The second-order valence-corrected chi connectivity index (χ2v) is 7.12. The van der Waals surface area contributed by atoms with E-state index in [1.807, 2.05) is 32.9 Å². The molecule has 140 valence electrons. The number of carboxylic acid groups (broad SMARTS) is 1. The van der Waals surface area contributed by atoms with Gasteiger partial charge in [-0.15, -0.1) is 0 Å². The molecule has 0 radical (unpaired) electrons. The van der Waals surface area contributed by atoms with Crippen molar-refractivity contribution in [3.8, 4) is 11.5 Å². The molecule has 0 fully saturated rings. The van der Waals surface area contributed by atoms with E-state index in [0.717, 1.165) is 10.0 Å². The minimum absolute atomic E-state index is 0.0259. The van der Waals surface area contributed by atoms with E-state index in [-0.39, 0.29) is 16.7 Å². The Labute approximate surface area is 166 Å². The number of anilines is 1. The summed E-state index contributed by atoms with van der Waals surface area (Å²) >= 11 is 9.43. The number of carboxylic acids is 1. The zero-order valence-corrected chi connectivity index (χ0v) is 17.1. The van der Waals surface area contributed by atoms with Crippen molar-refractivity contribution in [3.05, 3.63) is 51.0 Å². The molecule has 0 saturated heterocycles. The highest BCUT2D eigenvalue weighted by Crippen LogP contribution is 2.37. The monoisotopic (exact) mass is 441 g/mol. The lowest BCUT2D eigenvalue weighted by atomic mass is 10.1. The first-order valence-electron chi connectivity index (χ1n) is 8.20. The number of hydrogen-bond acceptors (Lipinski definition) is 4. The Morgan fingerprint density at radius 1 is 1.31 bits per heavy atom. The number of ether oxygens (including phenoxy) is 2. The SMILES string of the molecule is CCOc1cc(CNc2ccc(Cl)c(C(=O)O)c2)cc(Br)c1OC(C)C. The maximum Gasteiger partial charge on any atom is 0.337 e. The molecule has 2 aromatic rings. The summed E-state index contributed by atoms with van der Waals surface area (Å²) < 4.78 is 12.3. The van der Waals surface area contributed by atoms with Crippen LogP contribution in [0.25, 0.3) is 0 Å². The Bertz CT molecular complexity index is 795. The molecule has 0 saturated carbocycles. The average Bonchev–Trinajstić information content (AvgIpc) is 2.57. The molecule has 0 aliphatic heterocycles. The van der Waals surface area contributed by atoms with Crippen LogP contribution < -0.4 is 14.8 Å². The molecule has 0 unspecified atom stereocenters. The Morgan fingerprint density at radius 3 is 2.65 bits per heavy atom. The van der Waals surface area contributed by atoms with Crippen molar-refractivity contribution >= 4 is 39.2 Å². The van der Waals surface area contributed by atoms with Crippen LogP contribution in [-0.4, -0.2) is 23.8 Å². The third-order valence-corrected chi connectivity index (χ3v) is 4.33. The molecule has 0 atom stereocenters. The van der Waals surface area contributed by atoms with Gasteiger partial charge in [0, 0.05) is 12.2 Å². The highest BCUT2D eigenvalue weighted by molar-refractivity contribution is 9.10. The number of rotatable bonds is 8. The van der Waals surface area contributed by atoms with Crippen molar-refractivity contribution in [1.29, 1.82) is 0 Å². The van der Waals surface area contributed by atoms with Gasteiger partial charge in [-0.25, -0.2) is 4.79 Å². The van der Waals surface area contributed by atoms with Crippen LogP contribution in [0.2, 0.25) is 5.02 Å². The Hall–Kier alpha value is -1.92. The van der Waals surface area contributed by atoms with Crippen LogP contribution in [0, 0.1) is 0 Å². The van der Waals surface area contributed by atoms with Crippen molar-refractivity contribution < 1.29 is 19.4 Å². The predicted molar refractivity (Wildman–Crippen MR) is 107 cm³/mol. The number of benzene rings is 2. The maximum atomic E-state index is 11.2. The molecule has 0 aliphatic carbocycles. The van der Waals surface area contributed by atoms with Crippen LogP contribution in [0.1, 0.15) is 36.7 Å². The molecule has 5 nitrogen and oxygen atoms in total. The molecular weight excluding hydrogens is 422 g/mol. The number of nitrogens with one attached hydrogen (secondary N) is 1. The summed E-state index contributed by atoms with van der Waals surface area (Å²) in [5.74, 6) is 0.273. The first-order chi connectivity index (χ1) is 12.3. The van der Waals surface area contributed by atoms with Crippen LogP contribution in [0.4, 0.5) is 5.69 Å². The summed E-state index contributed by atoms with van der Waals surface area (Å²) in [6, 6.07) is 8.67. The summed E-state index contributed by atoms with van der Waals surface area (Å²) in [7, 11) is 0. The standard InChI is InChI=1S/C19H21BrClNO4/c1-4-25-17-8-12(7-15(20)18(17)26-11(2)3)10-22-13-5-6-16(21)14(9-13)19(23)24/h5-9,11,22H,4,10H2,1-3H3,(H,23,24). The zero-order chi connectivity index (χ0) is 19.3. The molecule has 0 aromatic heterocycles. The van der Waals surface area contributed by atoms with Crippen molar-refractivity contribution in [2.45, 2.75) is 33.4 Å². The summed E-state index contributed by atoms with van der Waals surface area (Å²) in [6.07, 6.45) is 0.0259. The van der Waals surface area contributed by atoms with Gasteiger partial charge in [-0.05, 0) is 72.6 Å². The van der Waals surface area contributed by atoms with Gasteiger partial charge in [-0.3, -0.25) is 0 Å². The number of carbonyl (C=O) groups is 1. The normalized spacial score (nSPS) is 10.7. The van der Waals surface area contributed by atoms with Gasteiger partial charge in [-0.2, -0.15) is 0 Å². The Morgan fingerprint density at radius 2 is 2.04 bits per heavy atom. The van der Waals surface area contributed by atoms with E-state index in [1.54, 1.807) is 12.1 Å².